The minimum absolute atomic E-state index is 0.0609. The summed E-state index contributed by atoms with van der Waals surface area (Å²) < 4.78 is 15.4. The molecule has 0 spiro atoms. The SMILES string of the molecule is CCCC/C(C)=C\C(NS(=O)C(C)(C)C)c1ccc(Cl)cc1. The third-order valence-corrected chi connectivity index (χ3v) is 5.23. The lowest BCUT2D eigenvalue weighted by Crippen LogP contribution is -2.35. The van der Waals surface area contributed by atoms with Gasteiger partial charge in [0, 0.05) is 5.02 Å². The largest absolute Gasteiger partial charge is 0.242 e. The molecule has 124 valence electrons. The monoisotopic (exact) mass is 341 g/mol. The molecule has 0 saturated carbocycles. The van der Waals surface area contributed by atoms with Crippen molar-refractivity contribution in [3.05, 3.63) is 46.5 Å². The molecule has 1 aromatic carbocycles. The second kappa shape index (κ2) is 8.85. The van der Waals surface area contributed by atoms with Crippen LogP contribution in [0.15, 0.2) is 35.9 Å². The Morgan fingerprint density at radius 2 is 1.91 bits per heavy atom. The molecule has 0 aliphatic rings. The highest BCUT2D eigenvalue weighted by Crippen LogP contribution is 2.23. The van der Waals surface area contributed by atoms with Gasteiger partial charge >= 0.3 is 0 Å². The van der Waals surface area contributed by atoms with Crippen LogP contribution < -0.4 is 4.72 Å². The van der Waals surface area contributed by atoms with Gasteiger partial charge in [-0.1, -0.05) is 48.7 Å². The molecule has 1 rings (SSSR count). The highest BCUT2D eigenvalue weighted by atomic mass is 35.5. The lowest BCUT2D eigenvalue weighted by molar-refractivity contribution is 0.625. The molecule has 0 saturated heterocycles. The zero-order chi connectivity index (χ0) is 16.8. The first-order valence-corrected chi connectivity index (χ1v) is 9.37. The summed E-state index contributed by atoms with van der Waals surface area (Å²) in [5.74, 6) is 0. The first-order chi connectivity index (χ1) is 10.2. The maximum atomic E-state index is 12.5. The molecular weight excluding hydrogens is 314 g/mol. The molecule has 1 aromatic rings. The van der Waals surface area contributed by atoms with E-state index < -0.39 is 11.0 Å². The molecule has 2 unspecified atom stereocenters. The molecule has 0 radical (unpaired) electrons. The first-order valence-electron chi connectivity index (χ1n) is 7.85. The van der Waals surface area contributed by atoms with Gasteiger partial charge in [0.2, 0.25) is 0 Å². The van der Waals surface area contributed by atoms with E-state index in [1.54, 1.807) is 0 Å². The smallest absolute Gasteiger partial charge is 0.0978 e. The van der Waals surface area contributed by atoms with Crippen molar-refractivity contribution in [2.45, 2.75) is 64.7 Å². The van der Waals surface area contributed by atoms with Crippen LogP contribution in [0.1, 0.15) is 65.5 Å². The Hall–Kier alpha value is -0.640. The molecule has 22 heavy (non-hydrogen) atoms. The second-order valence-corrected chi connectivity index (χ2v) is 9.08. The van der Waals surface area contributed by atoms with Crippen LogP contribution in [0.4, 0.5) is 0 Å². The lowest BCUT2D eigenvalue weighted by atomic mass is 10.0. The van der Waals surface area contributed by atoms with Crippen LogP contribution in [0.25, 0.3) is 0 Å². The first kappa shape index (κ1) is 19.4. The summed E-state index contributed by atoms with van der Waals surface area (Å²) in [6, 6.07) is 7.67. The molecule has 0 aliphatic heterocycles. The summed E-state index contributed by atoms with van der Waals surface area (Å²) in [6.45, 7) is 10.3. The Morgan fingerprint density at radius 1 is 1.32 bits per heavy atom. The predicted molar refractivity (Wildman–Crippen MR) is 98.5 cm³/mol. The van der Waals surface area contributed by atoms with E-state index in [1.807, 2.05) is 45.0 Å². The Morgan fingerprint density at radius 3 is 2.41 bits per heavy atom. The molecule has 0 fully saturated rings. The number of allylic oxidation sites excluding steroid dienone is 1. The van der Waals surface area contributed by atoms with Gasteiger partial charge in [-0.15, -0.1) is 0 Å². The highest BCUT2D eigenvalue weighted by molar-refractivity contribution is 7.84. The number of unbranched alkanes of at least 4 members (excludes halogenated alkanes) is 1. The number of hydrogen-bond donors (Lipinski definition) is 1. The Kier molecular flexibility index (Phi) is 7.81. The molecule has 0 bridgehead atoms. The maximum Gasteiger partial charge on any atom is 0.0978 e. The van der Waals surface area contributed by atoms with Crippen LogP contribution in [0.3, 0.4) is 0 Å². The van der Waals surface area contributed by atoms with Crippen LogP contribution in [0.2, 0.25) is 5.02 Å². The van der Waals surface area contributed by atoms with E-state index in [9.17, 15) is 4.21 Å². The number of rotatable bonds is 7. The number of halogens is 1. The molecule has 0 aliphatic carbocycles. The molecule has 0 heterocycles. The average Bonchev–Trinajstić information content (AvgIpc) is 2.44. The van der Waals surface area contributed by atoms with Gasteiger partial charge in [0.15, 0.2) is 0 Å². The van der Waals surface area contributed by atoms with Gasteiger partial charge in [0.25, 0.3) is 0 Å². The fourth-order valence-electron chi connectivity index (χ4n) is 1.98. The minimum atomic E-state index is -1.12. The maximum absolute atomic E-state index is 12.5. The van der Waals surface area contributed by atoms with Crippen molar-refractivity contribution in [2.24, 2.45) is 0 Å². The summed E-state index contributed by atoms with van der Waals surface area (Å²) in [4.78, 5) is 0. The van der Waals surface area contributed by atoms with E-state index in [-0.39, 0.29) is 10.8 Å². The standard InChI is InChI=1S/C18H28ClNOS/c1-6-7-8-14(2)13-17(20-22(21)18(3,4)5)15-9-11-16(19)12-10-15/h9-13,17,20H,6-8H2,1-5H3/b14-13-. The Bertz CT molecular complexity index is 517. The number of hydrogen-bond acceptors (Lipinski definition) is 1. The van der Waals surface area contributed by atoms with Crippen LogP contribution in [-0.4, -0.2) is 8.96 Å². The third kappa shape index (κ3) is 6.64. The van der Waals surface area contributed by atoms with Crippen LogP contribution >= 0.6 is 11.6 Å². The third-order valence-electron chi connectivity index (χ3n) is 3.40. The average molecular weight is 342 g/mol. The summed E-state index contributed by atoms with van der Waals surface area (Å²) in [7, 11) is -1.12. The van der Waals surface area contributed by atoms with Crippen molar-refractivity contribution < 1.29 is 4.21 Å². The Balaban J connectivity index is 2.99. The van der Waals surface area contributed by atoms with Crippen molar-refractivity contribution in [1.82, 2.24) is 4.72 Å². The zero-order valence-corrected chi connectivity index (χ0v) is 15.9. The van der Waals surface area contributed by atoms with Crippen molar-refractivity contribution in [1.29, 1.82) is 0 Å². The lowest BCUT2D eigenvalue weighted by Gasteiger charge is -2.23. The van der Waals surface area contributed by atoms with E-state index in [2.05, 4.69) is 24.6 Å². The minimum Gasteiger partial charge on any atom is -0.242 e. The van der Waals surface area contributed by atoms with Crippen molar-refractivity contribution in [3.8, 4) is 0 Å². The van der Waals surface area contributed by atoms with Crippen LogP contribution in [0, 0.1) is 0 Å². The van der Waals surface area contributed by atoms with Gasteiger partial charge in [-0.3, -0.25) is 0 Å². The second-order valence-electron chi connectivity index (χ2n) is 6.64. The molecular formula is C18H28ClNOS. The molecule has 0 aromatic heterocycles. The fourth-order valence-corrected chi connectivity index (χ4v) is 2.90. The van der Waals surface area contributed by atoms with E-state index in [1.165, 1.54) is 18.4 Å². The van der Waals surface area contributed by atoms with Gasteiger partial charge in [-0.2, -0.15) is 0 Å². The van der Waals surface area contributed by atoms with Gasteiger partial charge in [-0.25, -0.2) is 8.93 Å². The quantitative estimate of drug-likeness (QED) is 0.645. The van der Waals surface area contributed by atoms with Crippen molar-refractivity contribution in [2.75, 3.05) is 0 Å². The van der Waals surface area contributed by atoms with Gasteiger partial charge in [0.05, 0.1) is 21.8 Å². The topological polar surface area (TPSA) is 29.1 Å². The fraction of sp³-hybridized carbons (Fsp3) is 0.556. The summed E-state index contributed by atoms with van der Waals surface area (Å²) in [6.07, 6.45) is 5.61. The van der Waals surface area contributed by atoms with Crippen LogP contribution in [-0.2, 0) is 11.0 Å². The summed E-state index contributed by atoms with van der Waals surface area (Å²) >= 11 is 5.97. The number of benzene rings is 1. The van der Waals surface area contributed by atoms with Gasteiger partial charge in [-0.05, 0) is 58.2 Å². The normalized spacial score (nSPS) is 15.6. The molecule has 2 nitrogen and oxygen atoms in total. The Labute approximate surface area is 142 Å². The van der Waals surface area contributed by atoms with E-state index in [0.29, 0.717) is 5.02 Å². The summed E-state index contributed by atoms with van der Waals surface area (Å²) in [5, 5.41) is 0.714. The van der Waals surface area contributed by atoms with E-state index in [4.69, 9.17) is 11.6 Å². The molecule has 4 heteroatoms. The number of nitrogens with one attached hydrogen (secondary N) is 1. The van der Waals surface area contributed by atoms with Gasteiger partial charge in [0.1, 0.15) is 0 Å². The predicted octanol–water partition coefficient (Wildman–Crippen LogP) is 5.57. The zero-order valence-electron chi connectivity index (χ0n) is 14.3. The highest BCUT2D eigenvalue weighted by Gasteiger charge is 2.22. The van der Waals surface area contributed by atoms with E-state index in [0.717, 1.165) is 12.0 Å². The summed E-state index contributed by atoms with van der Waals surface area (Å²) in [5.41, 5.74) is 2.40. The molecule has 2 atom stereocenters. The van der Waals surface area contributed by atoms with Crippen molar-refractivity contribution >= 4 is 22.6 Å². The van der Waals surface area contributed by atoms with Gasteiger partial charge < -0.3 is 0 Å². The van der Waals surface area contributed by atoms with E-state index >= 15 is 0 Å². The van der Waals surface area contributed by atoms with Crippen molar-refractivity contribution in [3.63, 3.8) is 0 Å². The molecule has 0 amide bonds. The van der Waals surface area contributed by atoms with Crippen LogP contribution in [0.5, 0.6) is 0 Å². The molecule has 1 N–H and O–H groups in total.